The molecule has 0 aliphatic heterocycles. The first kappa shape index (κ1) is 17.8. The van der Waals surface area contributed by atoms with Crippen molar-refractivity contribution in [2.45, 2.75) is 52.9 Å². The second-order valence-corrected chi connectivity index (χ2v) is 6.83. The van der Waals surface area contributed by atoms with Crippen LogP contribution in [0.5, 0.6) is 5.75 Å². The minimum atomic E-state index is -4.68. The molecule has 0 heterocycles. The van der Waals surface area contributed by atoms with E-state index in [2.05, 4.69) is 32.4 Å². The van der Waals surface area contributed by atoms with Gasteiger partial charge in [0.05, 0.1) is 0 Å². The quantitative estimate of drug-likeness (QED) is 0.826. The molecule has 0 aliphatic carbocycles. The summed E-state index contributed by atoms with van der Waals surface area (Å²) in [5.41, 5.74) is 6.98. The molecular formula is C16H24F3NO. The second kappa shape index (κ2) is 6.69. The number of hydrogen-bond acceptors (Lipinski definition) is 2. The van der Waals surface area contributed by atoms with Crippen molar-refractivity contribution in [3.63, 3.8) is 0 Å². The predicted octanol–water partition coefficient (Wildman–Crippen LogP) is 5.05. The molecule has 0 amide bonds. The van der Waals surface area contributed by atoms with Gasteiger partial charge in [-0.1, -0.05) is 39.8 Å². The van der Waals surface area contributed by atoms with Crippen LogP contribution in [0.1, 0.15) is 52.1 Å². The minimum absolute atomic E-state index is 0.209. The van der Waals surface area contributed by atoms with Crippen LogP contribution in [0.4, 0.5) is 13.2 Å². The Hall–Kier alpha value is -1.23. The van der Waals surface area contributed by atoms with Crippen molar-refractivity contribution >= 4 is 0 Å². The SMILES string of the molecule is CC(CC(N)c1cccc(OC(F)(F)F)c1)CC(C)(C)C. The van der Waals surface area contributed by atoms with Gasteiger partial charge in [0.25, 0.3) is 0 Å². The second-order valence-electron chi connectivity index (χ2n) is 6.83. The summed E-state index contributed by atoms with van der Waals surface area (Å²) in [5, 5.41) is 0. The molecule has 1 aromatic rings. The largest absolute Gasteiger partial charge is 0.573 e. The molecule has 2 N–H and O–H groups in total. The van der Waals surface area contributed by atoms with E-state index in [1.807, 2.05) is 0 Å². The molecule has 2 atom stereocenters. The lowest BCUT2D eigenvalue weighted by atomic mass is 9.82. The highest BCUT2D eigenvalue weighted by Crippen LogP contribution is 2.31. The molecule has 0 aliphatic rings. The standard InChI is InChI=1S/C16H24F3NO/c1-11(10-15(2,3)4)8-14(20)12-6-5-7-13(9-12)21-16(17,18)19/h5-7,9,11,14H,8,10,20H2,1-4H3. The normalized spacial score (nSPS) is 15.6. The Kier molecular flexibility index (Phi) is 5.68. The topological polar surface area (TPSA) is 35.2 Å². The molecule has 1 aromatic carbocycles. The Bertz CT molecular complexity index is 452. The molecule has 0 saturated heterocycles. The average molecular weight is 303 g/mol. The van der Waals surface area contributed by atoms with Crippen molar-refractivity contribution < 1.29 is 17.9 Å². The summed E-state index contributed by atoms with van der Waals surface area (Å²) >= 11 is 0. The van der Waals surface area contributed by atoms with Crippen LogP contribution in [-0.4, -0.2) is 6.36 Å². The van der Waals surface area contributed by atoms with E-state index < -0.39 is 6.36 Å². The van der Waals surface area contributed by atoms with Crippen LogP contribution < -0.4 is 10.5 Å². The Morgan fingerprint density at radius 2 is 1.81 bits per heavy atom. The molecule has 0 bridgehead atoms. The highest BCUT2D eigenvalue weighted by Gasteiger charge is 2.31. The molecule has 0 saturated carbocycles. The highest BCUT2D eigenvalue weighted by molar-refractivity contribution is 5.30. The highest BCUT2D eigenvalue weighted by atomic mass is 19.4. The van der Waals surface area contributed by atoms with Crippen LogP contribution in [0.25, 0.3) is 0 Å². The summed E-state index contributed by atoms with van der Waals surface area (Å²) in [6.45, 7) is 8.59. The Morgan fingerprint density at radius 3 is 2.33 bits per heavy atom. The number of hydrogen-bond donors (Lipinski definition) is 1. The predicted molar refractivity (Wildman–Crippen MR) is 77.9 cm³/mol. The van der Waals surface area contributed by atoms with Crippen LogP contribution >= 0.6 is 0 Å². The third kappa shape index (κ3) is 7.37. The number of benzene rings is 1. The van der Waals surface area contributed by atoms with E-state index >= 15 is 0 Å². The van der Waals surface area contributed by atoms with E-state index in [0.29, 0.717) is 11.5 Å². The fraction of sp³-hybridized carbons (Fsp3) is 0.625. The van der Waals surface area contributed by atoms with Crippen molar-refractivity contribution in [3.05, 3.63) is 29.8 Å². The molecule has 0 fully saturated rings. The summed E-state index contributed by atoms with van der Waals surface area (Å²) < 4.78 is 40.6. The molecule has 0 aromatic heterocycles. The number of rotatable bonds is 5. The van der Waals surface area contributed by atoms with E-state index in [1.165, 1.54) is 18.2 Å². The summed E-state index contributed by atoms with van der Waals surface area (Å²) in [5.74, 6) is 0.172. The van der Waals surface area contributed by atoms with Gasteiger partial charge in [-0.3, -0.25) is 0 Å². The van der Waals surface area contributed by atoms with E-state index in [9.17, 15) is 13.2 Å². The maximum Gasteiger partial charge on any atom is 0.573 e. The lowest BCUT2D eigenvalue weighted by Crippen LogP contribution is -2.19. The molecule has 120 valence electrons. The fourth-order valence-electron chi connectivity index (χ4n) is 2.64. The first-order chi connectivity index (χ1) is 9.46. The lowest BCUT2D eigenvalue weighted by Gasteiger charge is -2.25. The van der Waals surface area contributed by atoms with Crippen LogP contribution in [0.15, 0.2) is 24.3 Å². The summed E-state index contributed by atoms with van der Waals surface area (Å²) in [4.78, 5) is 0. The molecular weight excluding hydrogens is 279 g/mol. The fourth-order valence-corrected chi connectivity index (χ4v) is 2.64. The van der Waals surface area contributed by atoms with Gasteiger partial charge in [-0.15, -0.1) is 13.2 Å². The van der Waals surface area contributed by atoms with E-state index in [0.717, 1.165) is 12.8 Å². The zero-order valence-corrected chi connectivity index (χ0v) is 13.0. The van der Waals surface area contributed by atoms with Gasteiger partial charge in [0, 0.05) is 6.04 Å². The van der Waals surface area contributed by atoms with Crippen LogP contribution in [0.3, 0.4) is 0 Å². The van der Waals surface area contributed by atoms with Gasteiger partial charge in [-0.2, -0.15) is 0 Å². The maximum atomic E-state index is 12.2. The zero-order valence-electron chi connectivity index (χ0n) is 13.0. The summed E-state index contributed by atoms with van der Waals surface area (Å²) in [6.07, 6.45) is -2.94. The zero-order chi connectivity index (χ0) is 16.3. The Labute approximate surface area is 124 Å². The third-order valence-corrected chi connectivity index (χ3v) is 3.14. The smallest absolute Gasteiger partial charge is 0.406 e. The van der Waals surface area contributed by atoms with Gasteiger partial charge in [0.2, 0.25) is 0 Å². The molecule has 2 unspecified atom stereocenters. The van der Waals surface area contributed by atoms with Gasteiger partial charge in [-0.05, 0) is 41.9 Å². The van der Waals surface area contributed by atoms with Crippen molar-refractivity contribution in [2.75, 3.05) is 0 Å². The van der Waals surface area contributed by atoms with E-state index in [1.54, 1.807) is 6.07 Å². The van der Waals surface area contributed by atoms with E-state index in [4.69, 9.17) is 5.73 Å². The lowest BCUT2D eigenvalue weighted by molar-refractivity contribution is -0.274. The molecule has 21 heavy (non-hydrogen) atoms. The molecule has 0 spiro atoms. The Balaban J connectivity index is 2.70. The summed E-state index contributed by atoms with van der Waals surface area (Å²) in [6, 6.07) is 5.62. The Morgan fingerprint density at radius 1 is 1.19 bits per heavy atom. The van der Waals surface area contributed by atoms with Crippen LogP contribution in [-0.2, 0) is 0 Å². The monoisotopic (exact) mass is 303 g/mol. The first-order valence-corrected chi connectivity index (χ1v) is 7.07. The number of alkyl halides is 3. The summed E-state index contributed by atoms with van der Waals surface area (Å²) in [7, 11) is 0. The molecule has 2 nitrogen and oxygen atoms in total. The van der Waals surface area contributed by atoms with Crippen LogP contribution in [0, 0.1) is 11.3 Å². The van der Waals surface area contributed by atoms with Crippen molar-refractivity contribution in [3.8, 4) is 5.75 Å². The number of ether oxygens (including phenoxy) is 1. The van der Waals surface area contributed by atoms with Crippen molar-refractivity contribution in [2.24, 2.45) is 17.1 Å². The van der Waals surface area contributed by atoms with Gasteiger partial charge in [-0.25, -0.2) is 0 Å². The van der Waals surface area contributed by atoms with Crippen molar-refractivity contribution in [1.29, 1.82) is 0 Å². The third-order valence-electron chi connectivity index (χ3n) is 3.14. The molecule has 0 radical (unpaired) electrons. The number of nitrogens with two attached hydrogens (primary N) is 1. The van der Waals surface area contributed by atoms with E-state index in [-0.39, 0.29) is 17.2 Å². The number of halogens is 3. The van der Waals surface area contributed by atoms with Gasteiger partial charge < -0.3 is 10.5 Å². The first-order valence-electron chi connectivity index (χ1n) is 7.07. The molecule has 1 rings (SSSR count). The van der Waals surface area contributed by atoms with Crippen molar-refractivity contribution in [1.82, 2.24) is 0 Å². The van der Waals surface area contributed by atoms with Gasteiger partial charge in [0.15, 0.2) is 0 Å². The maximum absolute atomic E-state index is 12.2. The van der Waals surface area contributed by atoms with Gasteiger partial charge in [0.1, 0.15) is 5.75 Å². The average Bonchev–Trinajstić information content (AvgIpc) is 2.23. The minimum Gasteiger partial charge on any atom is -0.406 e. The van der Waals surface area contributed by atoms with Gasteiger partial charge >= 0.3 is 6.36 Å². The van der Waals surface area contributed by atoms with Crippen LogP contribution in [0.2, 0.25) is 0 Å². The molecule has 5 heteroatoms.